The van der Waals surface area contributed by atoms with Gasteiger partial charge in [-0.2, -0.15) is 0 Å². The van der Waals surface area contributed by atoms with E-state index in [1.54, 1.807) is 0 Å². The second-order valence-electron chi connectivity index (χ2n) is 7.03. The second-order valence-corrected chi connectivity index (χ2v) is 7.03. The standard InChI is InChI=1S/C17H22O4/c1-10-16(2,3)15(17(10,4)5)21-14(20)12-8-6-11(7-9-12)13(18)19/h6-10,15H,1-5H3,(H,18,19). The molecule has 1 aliphatic carbocycles. The van der Waals surface area contributed by atoms with Crippen LogP contribution in [-0.4, -0.2) is 23.1 Å². The Morgan fingerprint density at radius 3 is 1.86 bits per heavy atom. The van der Waals surface area contributed by atoms with Crippen LogP contribution < -0.4 is 0 Å². The van der Waals surface area contributed by atoms with E-state index in [-0.39, 0.29) is 22.5 Å². The molecule has 1 N–H and O–H groups in total. The van der Waals surface area contributed by atoms with Crippen molar-refractivity contribution in [3.05, 3.63) is 35.4 Å². The Hall–Kier alpha value is -1.84. The third-order valence-corrected chi connectivity index (χ3v) is 5.18. The lowest BCUT2D eigenvalue weighted by atomic mass is 9.46. The lowest BCUT2D eigenvalue weighted by Gasteiger charge is -2.62. The Balaban J connectivity index is 2.13. The average Bonchev–Trinajstić information content (AvgIpc) is 2.43. The number of ether oxygens (including phenoxy) is 1. The molecule has 4 nitrogen and oxygen atoms in total. The van der Waals surface area contributed by atoms with E-state index in [2.05, 4.69) is 34.6 Å². The molecule has 1 fully saturated rings. The number of hydrogen-bond donors (Lipinski definition) is 1. The van der Waals surface area contributed by atoms with Crippen molar-refractivity contribution < 1.29 is 19.4 Å². The molecule has 0 heterocycles. The van der Waals surface area contributed by atoms with Crippen LogP contribution >= 0.6 is 0 Å². The first kappa shape index (κ1) is 15.5. The largest absolute Gasteiger partial charge is 0.478 e. The van der Waals surface area contributed by atoms with Gasteiger partial charge in [-0.05, 0) is 30.2 Å². The van der Waals surface area contributed by atoms with Crippen molar-refractivity contribution in [2.75, 3.05) is 0 Å². The highest BCUT2D eigenvalue weighted by Crippen LogP contribution is 2.60. The fourth-order valence-electron chi connectivity index (χ4n) is 3.50. The van der Waals surface area contributed by atoms with Crippen molar-refractivity contribution in [1.82, 2.24) is 0 Å². The Bertz CT molecular complexity index is 553. The van der Waals surface area contributed by atoms with Gasteiger partial charge in [0.1, 0.15) is 6.10 Å². The van der Waals surface area contributed by atoms with E-state index in [0.717, 1.165) is 0 Å². The topological polar surface area (TPSA) is 63.6 Å². The van der Waals surface area contributed by atoms with Crippen molar-refractivity contribution in [1.29, 1.82) is 0 Å². The molecule has 0 spiro atoms. The minimum atomic E-state index is -1.01. The monoisotopic (exact) mass is 290 g/mol. The van der Waals surface area contributed by atoms with Crippen molar-refractivity contribution in [3.8, 4) is 0 Å². The maximum Gasteiger partial charge on any atom is 0.338 e. The molecule has 21 heavy (non-hydrogen) atoms. The molecular formula is C17H22O4. The van der Waals surface area contributed by atoms with E-state index in [0.29, 0.717) is 11.5 Å². The lowest BCUT2D eigenvalue weighted by Crippen LogP contribution is -2.63. The van der Waals surface area contributed by atoms with Crippen LogP contribution in [0.3, 0.4) is 0 Å². The third-order valence-electron chi connectivity index (χ3n) is 5.18. The van der Waals surface area contributed by atoms with Gasteiger partial charge in [0.15, 0.2) is 0 Å². The Morgan fingerprint density at radius 2 is 1.43 bits per heavy atom. The molecule has 1 aromatic carbocycles. The first-order chi connectivity index (χ1) is 9.58. The molecule has 1 saturated carbocycles. The lowest BCUT2D eigenvalue weighted by molar-refractivity contribution is -0.205. The van der Waals surface area contributed by atoms with Crippen LogP contribution in [0.5, 0.6) is 0 Å². The molecule has 0 atom stereocenters. The summed E-state index contributed by atoms with van der Waals surface area (Å²) in [5.41, 5.74) is 0.427. The zero-order chi connectivity index (χ0) is 16.0. The van der Waals surface area contributed by atoms with E-state index >= 15 is 0 Å². The van der Waals surface area contributed by atoms with Gasteiger partial charge < -0.3 is 9.84 Å². The normalized spacial score (nSPS) is 25.8. The quantitative estimate of drug-likeness (QED) is 0.864. The van der Waals surface area contributed by atoms with Gasteiger partial charge in [0.25, 0.3) is 0 Å². The summed E-state index contributed by atoms with van der Waals surface area (Å²) in [6.07, 6.45) is -0.147. The number of hydrogen-bond acceptors (Lipinski definition) is 3. The summed E-state index contributed by atoms with van der Waals surface area (Å²) in [7, 11) is 0. The second kappa shape index (κ2) is 4.86. The highest BCUT2D eigenvalue weighted by atomic mass is 16.5. The summed E-state index contributed by atoms with van der Waals surface area (Å²) >= 11 is 0. The molecule has 1 aliphatic rings. The number of rotatable bonds is 3. The summed E-state index contributed by atoms with van der Waals surface area (Å²) < 4.78 is 5.69. The number of benzene rings is 1. The van der Waals surface area contributed by atoms with Crippen LogP contribution in [0.15, 0.2) is 24.3 Å². The first-order valence-electron chi connectivity index (χ1n) is 7.13. The summed E-state index contributed by atoms with van der Waals surface area (Å²) in [5, 5.41) is 8.86. The van der Waals surface area contributed by atoms with Gasteiger partial charge in [0.2, 0.25) is 0 Å². The third kappa shape index (κ3) is 2.43. The maximum absolute atomic E-state index is 12.2. The summed E-state index contributed by atoms with van der Waals surface area (Å²) in [6.45, 7) is 10.6. The van der Waals surface area contributed by atoms with Crippen LogP contribution in [0.4, 0.5) is 0 Å². The Labute approximate surface area is 125 Å². The zero-order valence-electron chi connectivity index (χ0n) is 13.1. The number of carboxylic acids is 1. The smallest absolute Gasteiger partial charge is 0.338 e. The molecule has 2 rings (SSSR count). The van der Waals surface area contributed by atoms with E-state index < -0.39 is 11.9 Å². The predicted molar refractivity (Wildman–Crippen MR) is 79.3 cm³/mol. The van der Waals surface area contributed by atoms with Gasteiger partial charge in [0.05, 0.1) is 11.1 Å². The minimum Gasteiger partial charge on any atom is -0.478 e. The van der Waals surface area contributed by atoms with Gasteiger partial charge in [-0.25, -0.2) is 9.59 Å². The van der Waals surface area contributed by atoms with Gasteiger partial charge in [-0.1, -0.05) is 34.6 Å². The fraction of sp³-hybridized carbons (Fsp3) is 0.529. The molecule has 4 heteroatoms. The first-order valence-corrected chi connectivity index (χ1v) is 7.13. The van der Waals surface area contributed by atoms with Crippen LogP contribution in [0, 0.1) is 16.7 Å². The minimum absolute atomic E-state index is 0.0554. The summed E-state index contributed by atoms with van der Waals surface area (Å²) in [6, 6.07) is 5.82. The highest BCUT2D eigenvalue weighted by Gasteiger charge is 2.61. The van der Waals surface area contributed by atoms with Crippen LogP contribution in [-0.2, 0) is 4.74 Å². The molecule has 0 saturated heterocycles. The molecule has 0 unspecified atom stereocenters. The number of aromatic carboxylic acids is 1. The van der Waals surface area contributed by atoms with Crippen molar-refractivity contribution in [2.24, 2.45) is 16.7 Å². The Kier molecular flexibility index (Phi) is 3.60. The number of esters is 1. The SMILES string of the molecule is CC1C(C)(C)C(OC(=O)c2ccc(C(=O)O)cc2)C1(C)C. The fourth-order valence-corrected chi connectivity index (χ4v) is 3.50. The Morgan fingerprint density at radius 1 is 1.00 bits per heavy atom. The summed E-state index contributed by atoms with van der Waals surface area (Å²) in [4.78, 5) is 23.0. The molecule has 114 valence electrons. The molecule has 0 bridgehead atoms. The van der Waals surface area contributed by atoms with Gasteiger partial charge in [-0.15, -0.1) is 0 Å². The maximum atomic E-state index is 12.2. The predicted octanol–water partition coefficient (Wildman–Crippen LogP) is 3.61. The van der Waals surface area contributed by atoms with Crippen LogP contribution in [0.2, 0.25) is 0 Å². The number of carboxylic acid groups (broad SMARTS) is 1. The van der Waals surface area contributed by atoms with Crippen molar-refractivity contribution in [2.45, 2.75) is 40.7 Å². The van der Waals surface area contributed by atoms with Crippen LogP contribution in [0.1, 0.15) is 55.3 Å². The molecule has 1 aromatic rings. The highest BCUT2D eigenvalue weighted by molar-refractivity contribution is 5.92. The van der Waals surface area contributed by atoms with Gasteiger partial charge >= 0.3 is 11.9 Å². The van der Waals surface area contributed by atoms with Gasteiger partial charge in [0, 0.05) is 10.8 Å². The molecule has 0 aromatic heterocycles. The average molecular weight is 290 g/mol. The molecular weight excluding hydrogens is 268 g/mol. The molecule has 0 amide bonds. The van der Waals surface area contributed by atoms with Crippen molar-refractivity contribution in [3.63, 3.8) is 0 Å². The van der Waals surface area contributed by atoms with E-state index in [1.165, 1.54) is 24.3 Å². The van der Waals surface area contributed by atoms with Gasteiger partial charge in [-0.3, -0.25) is 0 Å². The zero-order valence-corrected chi connectivity index (χ0v) is 13.1. The van der Waals surface area contributed by atoms with E-state index in [4.69, 9.17) is 9.84 Å². The van der Waals surface area contributed by atoms with Crippen LogP contribution in [0.25, 0.3) is 0 Å². The van der Waals surface area contributed by atoms with Crippen molar-refractivity contribution >= 4 is 11.9 Å². The molecule has 0 aliphatic heterocycles. The summed E-state index contributed by atoms with van der Waals surface area (Å²) in [5.74, 6) is -0.952. The van der Waals surface area contributed by atoms with E-state index in [9.17, 15) is 9.59 Å². The molecule has 0 radical (unpaired) electrons. The number of carbonyl (C=O) groups is 2. The van der Waals surface area contributed by atoms with E-state index in [1.807, 2.05) is 0 Å². The number of carbonyl (C=O) groups excluding carboxylic acids is 1.